The lowest BCUT2D eigenvalue weighted by Crippen LogP contribution is -2.01. The predicted octanol–water partition coefficient (Wildman–Crippen LogP) is 1.16. The van der Waals surface area contributed by atoms with Crippen molar-refractivity contribution in [3.63, 3.8) is 0 Å². The first-order chi connectivity index (χ1) is 5.65. The molecule has 0 unspecified atom stereocenters. The Morgan fingerprint density at radius 2 is 1.67 bits per heavy atom. The molecule has 0 aliphatic rings. The lowest BCUT2D eigenvalue weighted by Gasteiger charge is -2.07. The molecule has 0 amide bonds. The van der Waals surface area contributed by atoms with E-state index in [1.807, 2.05) is 0 Å². The molecule has 0 aliphatic carbocycles. The van der Waals surface area contributed by atoms with Gasteiger partial charge in [-0.1, -0.05) is 6.08 Å². The van der Waals surface area contributed by atoms with Crippen molar-refractivity contribution in [3.8, 4) is 0 Å². The van der Waals surface area contributed by atoms with Gasteiger partial charge in [0.15, 0.2) is 0 Å². The SMILES string of the molecule is C=CCc1c(N)cc(N)cc1N. The number of allylic oxidation sites excluding steroid dienone is 1. The van der Waals surface area contributed by atoms with Crippen LogP contribution in [0, 0.1) is 0 Å². The van der Waals surface area contributed by atoms with Crippen LogP contribution in [0.3, 0.4) is 0 Å². The van der Waals surface area contributed by atoms with Crippen LogP contribution >= 0.6 is 0 Å². The highest BCUT2D eigenvalue weighted by atomic mass is 14.7. The Balaban J connectivity index is 3.18. The first-order valence-electron chi connectivity index (χ1n) is 3.69. The molecule has 6 N–H and O–H groups in total. The van der Waals surface area contributed by atoms with Crippen LogP contribution in [0.5, 0.6) is 0 Å². The molecule has 0 fully saturated rings. The van der Waals surface area contributed by atoms with Crippen molar-refractivity contribution in [3.05, 3.63) is 30.4 Å². The summed E-state index contributed by atoms with van der Waals surface area (Å²) in [5.74, 6) is 0. The second kappa shape index (κ2) is 3.17. The van der Waals surface area contributed by atoms with Crippen molar-refractivity contribution in [2.75, 3.05) is 17.2 Å². The van der Waals surface area contributed by atoms with Crippen LogP contribution in [-0.4, -0.2) is 0 Å². The summed E-state index contributed by atoms with van der Waals surface area (Å²) in [4.78, 5) is 0. The van der Waals surface area contributed by atoms with Gasteiger partial charge in [-0.25, -0.2) is 0 Å². The molecule has 1 rings (SSSR count). The van der Waals surface area contributed by atoms with Crippen molar-refractivity contribution in [2.45, 2.75) is 6.42 Å². The molecule has 0 aromatic heterocycles. The summed E-state index contributed by atoms with van der Waals surface area (Å²) in [6, 6.07) is 3.41. The summed E-state index contributed by atoms with van der Waals surface area (Å²) in [7, 11) is 0. The number of benzene rings is 1. The molecule has 0 bridgehead atoms. The van der Waals surface area contributed by atoms with Gasteiger partial charge in [0, 0.05) is 22.6 Å². The number of nitrogen functional groups attached to an aromatic ring is 3. The average molecular weight is 163 g/mol. The van der Waals surface area contributed by atoms with E-state index in [0.29, 0.717) is 23.5 Å². The van der Waals surface area contributed by atoms with Crippen molar-refractivity contribution in [1.29, 1.82) is 0 Å². The van der Waals surface area contributed by atoms with E-state index in [0.717, 1.165) is 5.56 Å². The Morgan fingerprint density at radius 3 is 2.08 bits per heavy atom. The van der Waals surface area contributed by atoms with Gasteiger partial charge in [-0.2, -0.15) is 0 Å². The number of hydrogen-bond donors (Lipinski definition) is 3. The van der Waals surface area contributed by atoms with Gasteiger partial charge in [-0.15, -0.1) is 6.58 Å². The lowest BCUT2D eigenvalue weighted by atomic mass is 10.1. The van der Waals surface area contributed by atoms with Crippen LogP contribution in [-0.2, 0) is 6.42 Å². The number of rotatable bonds is 2. The first-order valence-corrected chi connectivity index (χ1v) is 3.69. The molecule has 0 atom stereocenters. The fourth-order valence-electron chi connectivity index (χ4n) is 1.12. The molecule has 64 valence electrons. The summed E-state index contributed by atoms with van der Waals surface area (Å²) in [6.07, 6.45) is 2.44. The van der Waals surface area contributed by atoms with Gasteiger partial charge in [-0.3, -0.25) is 0 Å². The maximum absolute atomic E-state index is 5.70. The summed E-state index contributed by atoms with van der Waals surface area (Å²) in [5.41, 5.74) is 19.7. The van der Waals surface area contributed by atoms with Gasteiger partial charge in [0.1, 0.15) is 0 Å². The Bertz CT molecular complexity index is 282. The van der Waals surface area contributed by atoms with E-state index < -0.39 is 0 Å². The molecule has 3 nitrogen and oxygen atoms in total. The van der Waals surface area contributed by atoms with Crippen LogP contribution in [0.4, 0.5) is 17.1 Å². The van der Waals surface area contributed by atoms with Gasteiger partial charge in [0.05, 0.1) is 0 Å². The van der Waals surface area contributed by atoms with E-state index in [9.17, 15) is 0 Å². The third kappa shape index (κ3) is 1.50. The van der Waals surface area contributed by atoms with Gasteiger partial charge in [-0.05, 0) is 18.6 Å². The minimum absolute atomic E-state index is 0.595. The predicted molar refractivity (Wildman–Crippen MR) is 53.6 cm³/mol. The normalized spacial score (nSPS) is 9.67. The van der Waals surface area contributed by atoms with Crippen molar-refractivity contribution in [2.24, 2.45) is 0 Å². The molecule has 1 aromatic rings. The molecule has 0 radical (unpaired) electrons. The van der Waals surface area contributed by atoms with Crippen LogP contribution in [0.1, 0.15) is 5.56 Å². The molecule has 12 heavy (non-hydrogen) atoms. The minimum Gasteiger partial charge on any atom is -0.399 e. The lowest BCUT2D eigenvalue weighted by molar-refractivity contribution is 1.29. The Labute approximate surface area is 71.9 Å². The second-order valence-corrected chi connectivity index (χ2v) is 2.67. The molecular weight excluding hydrogens is 150 g/mol. The van der Waals surface area contributed by atoms with E-state index in [1.165, 1.54) is 0 Å². The highest BCUT2D eigenvalue weighted by Gasteiger charge is 2.02. The zero-order valence-electron chi connectivity index (χ0n) is 6.88. The van der Waals surface area contributed by atoms with Gasteiger partial charge in [0.2, 0.25) is 0 Å². The highest BCUT2D eigenvalue weighted by Crippen LogP contribution is 2.23. The molecule has 0 heterocycles. The molecule has 0 spiro atoms. The number of hydrogen-bond acceptors (Lipinski definition) is 3. The highest BCUT2D eigenvalue weighted by molar-refractivity contribution is 5.69. The number of anilines is 3. The summed E-state index contributed by atoms with van der Waals surface area (Å²) >= 11 is 0. The topological polar surface area (TPSA) is 78.1 Å². The van der Waals surface area contributed by atoms with E-state index in [4.69, 9.17) is 17.2 Å². The Morgan fingerprint density at radius 1 is 1.17 bits per heavy atom. The minimum atomic E-state index is 0.595. The third-order valence-corrected chi connectivity index (χ3v) is 1.69. The van der Waals surface area contributed by atoms with Crippen molar-refractivity contribution in [1.82, 2.24) is 0 Å². The number of nitrogens with two attached hydrogens (primary N) is 3. The molecule has 0 saturated heterocycles. The summed E-state index contributed by atoms with van der Waals surface area (Å²) < 4.78 is 0. The largest absolute Gasteiger partial charge is 0.399 e. The zero-order chi connectivity index (χ0) is 9.14. The Hall–Kier alpha value is -1.64. The molecule has 3 heteroatoms. The van der Waals surface area contributed by atoms with Gasteiger partial charge >= 0.3 is 0 Å². The summed E-state index contributed by atoms with van der Waals surface area (Å²) in [6.45, 7) is 3.62. The monoisotopic (exact) mass is 163 g/mol. The molecule has 0 aliphatic heterocycles. The van der Waals surface area contributed by atoms with Gasteiger partial charge < -0.3 is 17.2 Å². The molecule has 1 aromatic carbocycles. The zero-order valence-corrected chi connectivity index (χ0v) is 6.88. The van der Waals surface area contributed by atoms with E-state index in [-0.39, 0.29) is 0 Å². The standard InChI is InChI=1S/C9H13N3/c1-2-3-7-8(11)4-6(10)5-9(7)12/h2,4-5H,1,3,10-12H2. The van der Waals surface area contributed by atoms with Crippen LogP contribution in [0.2, 0.25) is 0 Å². The van der Waals surface area contributed by atoms with E-state index in [2.05, 4.69) is 6.58 Å². The van der Waals surface area contributed by atoms with Crippen molar-refractivity contribution < 1.29 is 0 Å². The van der Waals surface area contributed by atoms with Crippen molar-refractivity contribution >= 4 is 17.1 Å². The van der Waals surface area contributed by atoms with Crippen LogP contribution in [0.25, 0.3) is 0 Å². The van der Waals surface area contributed by atoms with Gasteiger partial charge in [0.25, 0.3) is 0 Å². The Kier molecular flexibility index (Phi) is 2.24. The van der Waals surface area contributed by atoms with E-state index in [1.54, 1.807) is 18.2 Å². The smallest absolute Gasteiger partial charge is 0.0391 e. The van der Waals surface area contributed by atoms with E-state index >= 15 is 0 Å². The third-order valence-electron chi connectivity index (χ3n) is 1.69. The summed E-state index contributed by atoms with van der Waals surface area (Å²) in [5, 5.41) is 0. The maximum Gasteiger partial charge on any atom is 0.0391 e. The first kappa shape index (κ1) is 8.46. The second-order valence-electron chi connectivity index (χ2n) is 2.67. The van der Waals surface area contributed by atoms with Crippen LogP contribution in [0.15, 0.2) is 24.8 Å². The molecular formula is C9H13N3. The fraction of sp³-hybridized carbons (Fsp3) is 0.111. The maximum atomic E-state index is 5.70. The quantitative estimate of drug-likeness (QED) is 0.452. The van der Waals surface area contributed by atoms with Crippen LogP contribution < -0.4 is 17.2 Å². The average Bonchev–Trinajstić information content (AvgIpc) is 1.96. The molecule has 0 saturated carbocycles. The fourth-order valence-corrected chi connectivity index (χ4v) is 1.12.